The summed E-state index contributed by atoms with van der Waals surface area (Å²) in [5.41, 5.74) is 3.15. The molecule has 0 unspecified atom stereocenters. The summed E-state index contributed by atoms with van der Waals surface area (Å²) in [6.45, 7) is 4.64. The van der Waals surface area contributed by atoms with Gasteiger partial charge in [0.2, 0.25) is 0 Å². The van der Waals surface area contributed by atoms with Crippen LogP contribution in [0.1, 0.15) is 19.8 Å². The van der Waals surface area contributed by atoms with Crippen LogP contribution in [0, 0.1) is 0 Å². The average molecular weight is 403 g/mol. The van der Waals surface area contributed by atoms with E-state index >= 15 is 0 Å². The van der Waals surface area contributed by atoms with Gasteiger partial charge in [0.1, 0.15) is 5.75 Å². The quantitative estimate of drug-likeness (QED) is 0.619. The minimum Gasteiger partial charge on any atom is -0.494 e. The zero-order valence-electron chi connectivity index (χ0n) is 17.0. The Morgan fingerprint density at radius 1 is 0.900 bits per heavy atom. The van der Waals surface area contributed by atoms with Crippen molar-refractivity contribution in [3.8, 4) is 17.0 Å². The lowest BCUT2D eigenvalue weighted by molar-refractivity contribution is 0.262. The molecule has 0 saturated carbocycles. The molecular weight excluding hydrogens is 378 g/mol. The summed E-state index contributed by atoms with van der Waals surface area (Å²) in [4.78, 5) is 14.5. The van der Waals surface area contributed by atoms with Gasteiger partial charge in [0.25, 0.3) is 0 Å². The van der Waals surface area contributed by atoms with Crippen molar-refractivity contribution < 1.29 is 9.53 Å². The SMILES string of the molecule is CCOc1ccc(NC(=O)Nc2ccc(-c3ccc(N4CCCC4)nn3)cc2)cc1. The van der Waals surface area contributed by atoms with Crippen LogP contribution >= 0.6 is 0 Å². The third-order valence-corrected chi connectivity index (χ3v) is 4.94. The summed E-state index contributed by atoms with van der Waals surface area (Å²) in [5, 5.41) is 14.4. The van der Waals surface area contributed by atoms with Crippen molar-refractivity contribution >= 4 is 23.2 Å². The van der Waals surface area contributed by atoms with Crippen LogP contribution in [0.5, 0.6) is 5.75 Å². The predicted molar refractivity (Wildman–Crippen MR) is 119 cm³/mol. The van der Waals surface area contributed by atoms with E-state index in [2.05, 4.69) is 25.7 Å². The van der Waals surface area contributed by atoms with Gasteiger partial charge >= 0.3 is 6.03 Å². The fraction of sp³-hybridized carbons (Fsp3) is 0.261. The summed E-state index contributed by atoms with van der Waals surface area (Å²) in [7, 11) is 0. The van der Waals surface area contributed by atoms with Crippen molar-refractivity contribution in [1.82, 2.24) is 10.2 Å². The summed E-state index contributed by atoms with van der Waals surface area (Å²) in [5.74, 6) is 1.70. The number of urea groups is 1. The summed E-state index contributed by atoms with van der Waals surface area (Å²) < 4.78 is 5.40. The van der Waals surface area contributed by atoms with Crippen LogP contribution in [0.4, 0.5) is 22.0 Å². The van der Waals surface area contributed by atoms with E-state index in [0.717, 1.165) is 35.9 Å². The second-order valence-corrected chi connectivity index (χ2v) is 7.08. The molecule has 7 nitrogen and oxygen atoms in total. The van der Waals surface area contributed by atoms with E-state index in [4.69, 9.17) is 4.74 Å². The van der Waals surface area contributed by atoms with E-state index in [0.29, 0.717) is 18.0 Å². The van der Waals surface area contributed by atoms with Crippen LogP contribution in [0.25, 0.3) is 11.3 Å². The maximum absolute atomic E-state index is 12.2. The summed E-state index contributed by atoms with van der Waals surface area (Å²) in [6.07, 6.45) is 2.42. The molecule has 4 rings (SSSR count). The second kappa shape index (κ2) is 9.26. The van der Waals surface area contributed by atoms with Crippen molar-refractivity contribution in [3.63, 3.8) is 0 Å². The van der Waals surface area contributed by atoms with Gasteiger partial charge in [0.05, 0.1) is 12.3 Å². The molecule has 1 fully saturated rings. The van der Waals surface area contributed by atoms with E-state index in [-0.39, 0.29) is 6.03 Å². The number of rotatable bonds is 6. The van der Waals surface area contributed by atoms with Gasteiger partial charge in [-0.15, -0.1) is 10.2 Å². The molecule has 2 N–H and O–H groups in total. The molecule has 1 saturated heterocycles. The zero-order chi connectivity index (χ0) is 20.8. The molecule has 0 aliphatic carbocycles. The van der Waals surface area contributed by atoms with Gasteiger partial charge in [0, 0.05) is 30.0 Å². The van der Waals surface area contributed by atoms with Crippen LogP contribution in [-0.4, -0.2) is 35.9 Å². The molecule has 0 spiro atoms. The summed E-state index contributed by atoms with van der Waals surface area (Å²) >= 11 is 0. The number of aromatic nitrogens is 2. The third kappa shape index (κ3) is 4.86. The normalized spacial score (nSPS) is 13.2. The van der Waals surface area contributed by atoms with Gasteiger partial charge in [-0.2, -0.15) is 0 Å². The molecule has 3 aromatic rings. The molecule has 1 aliphatic rings. The minimum absolute atomic E-state index is 0.304. The Kier molecular flexibility index (Phi) is 6.08. The maximum atomic E-state index is 12.2. The minimum atomic E-state index is -0.304. The van der Waals surface area contributed by atoms with Crippen molar-refractivity contribution in [2.45, 2.75) is 19.8 Å². The first-order valence-corrected chi connectivity index (χ1v) is 10.2. The molecule has 0 bridgehead atoms. The van der Waals surface area contributed by atoms with Crippen LogP contribution in [-0.2, 0) is 0 Å². The molecule has 0 radical (unpaired) electrons. The average Bonchev–Trinajstić information content (AvgIpc) is 3.31. The zero-order valence-corrected chi connectivity index (χ0v) is 17.0. The summed E-state index contributed by atoms with van der Waals surface area (Å²) in [6, 6.07) is 18.5. The number of hydrogen-bond acceptors (Lipinski definition) is 5. The highest BCUT2D eigenvalue weighted by Crippen LogP contribution is 2.22. The molecule has 1 aromatic heterocycles. The predicted octanol–water partition coefficient (Wildman–Crippen LogP) is 4.79. The molecule has 7 heteroatoms. The smallest absolute Gasteiger partial charge is 0.323 e. The van der Waals surface area contributed by atoms with E-state index in [1.807, 2.05) is 55.5 Å². The standard InChI is InChI=1S/C23H25N5O2/c1-2-30-20-11-9-19(10-12-20)25-23(29)24-18-7-5-17(6-8-18)21-13-14-22(27-26-21)28-15-3-4-16-28/h5-14H,2-4,15-16H2,1H3,(H2,24,25,29). The lowest BCUT2D eigenvalue weighted by Crippen LogP contribution is -2.19. The van der Waals surface area contributed by atoms with Gasteiger partial charge in [-0.05, 0) is 68.3 Å². The number of hydrogen-bond donors (Lipinski definition) is 2. The van der Waals surface area contributed by atoms with Crippen molar-refractivity contribution in [3.05, 3.63) is 60.7 Å². The molecule has 0 atom stereocenters. The second-order valence-electron chi connectivity index (χ2n) is 7.08. The first kappa shape index (κ1) is 19.7. The highest BCUT2D eigenvalue weighted by Gasteiger charge is 2.14. The lowest BCUT2D eigenvalue weighted by Gasteiger charge is -2.15. The largest absolute Gasteiger partial charge is 0.494 e. The van der Waals surface area contributed by atoms with E-state index in [1.54, 1.807) is 12.1 Å². The Morgan fingerprint density at radius 2 is 1.53 bits per heavy atom. The Labute approximate surface area is 176 Å². The van der Waals surface area contributed by atoms with Gasteiger partial charge in [0.15, 0.2) is 5.82 Å². The highest BCUT2D eigenvalue weighted by atomic mass is 16.5. The monoisotopic (exact) mass is 403 g/mol. The van der Waals surface area contributed by atoms with Gasteiger partial charge < -0.3 is 20.3 Å². The number of carbonyl (C=O) groups excluding carboxylic acids is 1. The van der Waals surface area contributed by atoms with E-state index < -0.39 is 0 Å². The van der Waals surface area contributed by atoms with Gasteiger partial charge in [-0.1, -0.05) is 12.1 Å². The number of nitrogens with zero attached hydrogens (tertiary/aromatic N) is 3. The fourth-order valence-corrected chi connectivity index (χ4v) is 3.41. The number of carbonyl (C=O) groups is 1. The molecule has 30 heavy (non-hydrogen) atoms. The molecule has 2 aromatic carbocycles. The highest BCUT2D eigenvalue weighted by molar-refractivity contribution is 5.99. The van der Waals surface area contributed by atoms with Crippen molar-refractivity contribution in [2.75, 3.05) is 35.2 Å². The first-order valence-electron chi connectivity index (χ1n) is 10.2. The molecule has 1 aliphatic heterocycles. The number of ether oxygens (including phenoxy) is 1. The van der Waals surface area contributed by atoms with Gasteiger partial charge in [-0.3, -0.25) is 0 Å². The number of nitrogens with one attached hydrogen (secondary N) is 2. The van der Waals surface area contributed by atoms with Crippen molar-refractivity contribution in [2.24, 2.45) is 0 Å². The number of benzene rings is 2. The Hall–Kier alpha value is -3.61. The fourth-order valence-electron chi connectivity index (χ4n) is 3.41. The third-order valence-electron chi connectivity index (χ3n) is 4.94. The van der Waals surface area contributed by atoms with E-state index in [9.17, 15) is 4.79 Å². The molecule has 2 amide bonds. The van der Waals surface area contributed by atoms with Crippen LogP contribution in [0.3, 0.4) is 0 Å². The van der Waals surface area contributed by atoms with Crippen LogP contribution < -0.4 is 20.3 Å². The van der Waals surface area contributed by atoms with Gasteiger partial charge in [-0.25, -0.2) is 4.79 Å². The Bertz CT molecular complexity index is 966. The Morgan fingerprint density at radius 3 is 2.10 bits per heavy atom. The Balaban J connectivity index is 1.34. The van der Waals surface area contributed by atoms with Crippen LogP contribution in [0.15, 0.2) is 60.7 Å². The molecule has 154 valence electrons. The maximum Gasteiger partial charge on any atom is 0.323 e. The number of amides is 2. The first-order chi connectivity index (χ1) is 14.7. The van der Waals surface area contributed by atoms with Crippen LogP contribution in [0.2, 0.25) is 0 Å². The lowest BCUT2D eigenvalue weighted by atomic mass is 10.1. The topological polar surface area (TPSA) is 79.4 Å². The van der Waals surface area contributed by atoms with Crippen molar-refractivity contribution in [1.29, 1.82) is 0 Å². The number of anilines is 3. The molecule has 2 heterocycles. The van der Waals surface area contributed by atoms with E-state index in [1.165, 1.54) is 12.8 Å². The molecular formula is C23H25N5O2.